The minimum Gasteiger partial charge on any atom is -0.368 e. The third-order valence-corrected chi connectivity index (χ3v) is 4.13. The number of para-hydroxylation sites is 1. The number of anilines is 2. The zero-order chi connectivity index (χ0) is 20.3. The summed E-state index contributed by atoms with van der Waals surface area (Å²) in [5, 5.41) is 11.9. The van der Waals surface area contributed by atoms with Crippen molar-refractivity contribution < 1.29 is 18.9 Å². The van der Waals surface area contributed by atoms with E-state index in [4.69, 9.17) is 10.3 Å². The number of aromatic nitrogens is 1. The van der Waals surface area contributed by atoms with Crippen molar-refractivity contribution in [3.05, 3.63) is 42.2 Å². The minimum absolute atomic E-state index is 0.0670. The molecule has 0 spiro atoms. The molecule has 1 aliphatic rings. The van der Waals surface area contributed by atoms with Crippen molar-refractivity contribution in [2.24, 2.45) is 10.8 Å². The third-order valence-electron chi connectivity index (χ3n) is 4.13. The van der Waals surface area contributed by atoms with E-state index in [-0.39, 0.29) is 24.5 Å². The largest absolute Gasteiger partial charge is 0.368 e. The smallest absolute Gasteiger partial charge is 0.270 e. The number of amides is 3. The van der Waals surface area contributed by atoms with Crippen LogP contribution in [0.3, 0.4) is 0 Å². The number of benzene rings is 1. The number of nitrogens with one attached hydrogen (secondary N) is 1. The van der Waals surface area contributed by atoms with Gasteiger partial charge in [0.1, 0.15) is 17.5 Å². The highest BCUT2D eigenvalue weighted by Crippen LogP contribution is 2.24. The maximum atomic E-state index is 12.7. The highest BCUT2D eigenvalue weighted by atomic mass is 16.5. The van der Waals surface area contributed by atoms with Gasteiger partial charge in [0, 0.05) is 19.5 Å². The van der Waals surface area contributed by atoms with E-state index in [1.807, 2.05) is 6.07 Å². The molecule has 10 heteroatoms. The van der Waals surface area contributed by atoms with E-state index in [1.165, 1.54) is 17.0 Å². The van der Waals surface area contributed by atoms with E-state index in [2.05, 4.69) is 15.6 Å². The number of aryl methyl sites for hydroxylation is 1. The lowest BCUT2D eigenvalue weighted by molar-refractivity contribution is -0.127. The summed E-state index contributed by atoms with van der Waals surface area (Å²) < 4.78 is 4.87. The van der Waals surface area contributed by atoms with Crippen LogP contribution in [0.25, 0.3) is 0 Å². The van der Waals surface area contributed by atoms with Gasteiger partial charge in [-0.05, 0) is 19.1 Å². The van der Waals surface area contributed by atoms with Gasteiger partial charge in [0.25, 0.3) is 5.91 Å². The molecule has 10 nitrogen and oxygen atoms in total. The van der Waals surface area contributed by atoms with Crippen LogP contribution >= 0.6 is 0 Å². The van der Waals surface area contributed by atoms with Gasteiger partial charge in [-0.2, -0.15) is 5.10 Å². The number of carbonyl (C=O) groups excluding carboxylic acids is 3. The summed E-state index contributed by atoms with van der Waals surface area (Å²) in [5.41, 5.74) is 6.28. The lowest BCUT2D eigenvalue weighted by Gasteiger charge is -2.20. The molecule has 3 rings (SSSR count). The quantitative estimate of drug-likeness (QED) is 0.745. The average molecular weight is 384 g/mol. The Balaban J connectivity index is 1.68. The minimum atomic E-state index is -0.762. The molecular formula is C18H20N6O4. The lowest BCUT2D eigenvalue weighted by Crippen LogP contribution is -2.41. The first-order valence-corrected chi connectivity index (χ1v) is 8.55. The Morgan fingerprint density at radius 1 is 1.32 bits per heavy atom. The van der Waals surface area contributed by atoms with E-state index in [9.17, 15) is 14.4 Å². The first-order valence-electron chi connectivity index (χ1n) is 8.55. The number of nitrogens with two attached hydrogens (primary N) is 1. The molecule has 0 saturated heterocycles. The summed E-state index contributed by atoms with van der Waals surface area (Å²) in [6, 6.07) is 9.76. The fraction of sp³-hybridized carbons (Fsp3) is 0.278. The molecule has 1 unspecified atom stereocenters. The van der Waals surface area contributed by atoms with Crippen molar-refractivity contribution in [2.45, 2.75) is 19.4 Å². The number of hydrogen-bond donors (Lipinski definition) is 2. The van der Waals surface area contributed by atoms with Gasteiger partial charge in [0.05, 0.1) is 12.2 Å². The van der Waals surface area contributed by atoms with Gasteiger partial charge in [-0.15, -0.1) is 0 Å². The van der Waals surface area contributed by atoms with Crippen LogP contribution in [0, 0.1) is 6.92 Å². The first-order chi connectivity index (χ1) is 13.3. The van der Waals surface area contributed by atoms with Crippen LogP contribution in [-0.4, -0.2) is 53.1 Å². The van der Waals surface area contributed by atoms with Crippen LogP contribution < -0.4 is 16.1 Å². The third kappa shape index (κ3) is 4.17. The molecule has 3 N–H and O–H groups in total. The Morgan fingerprint density at radius 2 is 2.04 bits per heavy atom. The zero-order valence-corrected chi connectivity index (χ0v) is 15.5. The number of hydrazone groups is 1. The van der Waals surface area contributed by atoms with E-state index in [0.717, 1.165) is 0 Å². The number of likely N-dealkylation sites (N-methyl/N-ethyl adjacent to an activating group) is 1. The van der Waals surface area contributed by atoms with Crippen molar-refractivity contribution in [3.8, 4) is 0 Å². The maximum absolute atomic E-state index is 12.7. The van der Waals surface area contributed by atoms with Crippen molar-refractivity contribution in [1.29, 1.82) is 0 Å². The van der Waals surface area contributed by atoms with E-state index in [1.54, 1.807) is 37.3 Å². The predicted octanol–water partition coefficient (Wildman–Crippen LogP) is 0.500. The Labute approximate surface area is 160 Å². The molecule has 0 fully saturated rings. The molecule has 146 valence electrons. The molecule has 0 aliphatic carbocycles. The van der Waals surface area contributed by atoms with Crippen molar-refractivity contribution in [1.82, 2.24) is 10.1 Å². The summed E-state index contributed by atoms with van der Waals surface area (Å²) in [5.74, 6) is -0.661. The number of rotatable bonds is 6. The molecule has 1 atom stereocenters. The molecule has 2 heterocycles. The Morgan fingerprint density at radius 3 is 2.64 bits per heavy atom. The maximum Gasteiger partial charge on any atom is 0.270 e. The number of primary amides is 1. The molecule has 1 aromatic heterocycles. The van der Waals surface area contributed by atoms with Gasteiger partial charge < -0.3 is 20.5 Å². The zero-order valence-electron chi connectivity index (χ0n) is 15.5. The normalized spacial score (nSPS) is 15.9. The van der Waals surface area contributed by atoms with Crippen LogP contribution in [0.2, 0.25) is 0 Å². The van der Waals surface area contributed by atoms with Gasteiger partial charge in [0.2, 0.25) is 11.8 Å². The predicted molar refractivity (Wildman–Crippen MR) is 101 cm³/mol. The monoisotopic (exact) mass is 384 g/mol. The van der Waals surface area contributed by atoms with Gasteiger partial charge >= 0.3 is 0 Å². The first kappa shape index (κ1) is 19.1. The summed E-state index contributed by atoms with van der Waals surface area (Å²) in [6.45, 7) is 1.49. The SMILES string of the molecule is Cc1cc(NC(=O)CN(C)C(=O)C2=NN(c3ccccc3)C(C(N)=O)C2)no1. The average Bonchev–Trinajstić information content (AvgIpc) is 3.28. The second-order valence-corrected chi connectivity index (χ2v) is 6.38. The fourth-order valence-electron chi connectivity index (χ4n) is 2.79. The molecule has 2 aromatic rings. The standard InChI is InChI=1S/C18H20N6O4/c1-11-8-15(22-28-11)20-16(25)10-23(2)18(27)13-9-14(17(19)26)24(21-13)12-6-4-3-5-7-12/h3-8,14H,9-10H2,1-2H3,(H2,19,26)(H,20,22,25). The highest BCUT2D eigenvalue weighted by molar-refractivity contribution is 6.40. The van der Waals surface area contributed by atoms with E-state index in [0.29, 0.717) is 11.4 Å². The molecular weight excluding hydrogens is 364 g/mol. The van der Waals surface area contributed by atoms with Crippen LogP contribution in [0.4, 0.5) is 11.5 Å². The number of nitrogens with zero attached hydrogens (tertiary/aromatic N) is 4. The molecule has 3 amide bonds. The summed E-state index contributed by atoms with van der Waals surface area (Å²) >= 11 is 0. The van der Waals surface area contributed by atoms with Gasteiger partial charge in [-0.25, -0.2) is 0 Å². The van der Waals surface area contributed by atoms with Crippen molar-refractivity contribution in [3.63, 3.8) is 0 Å². The highest BCUT2D eigenvalue weighted by Gasteiger charge is 2.36. The van der Waals surface area contributed by atoms with E-state index < -0.39 is 23.8 Å². The fourth-order valence-corrected chi connectivity index (χ4v) is 2.79. The lowest BCUT2D eigenvalue weighted by atomic mass is 10.1. The molecule has 0 saturated carbocycles. The summed E-state index contributed by atoms with van der Waals surface area (Å²) in [6.07, 6.45) is 0.0670. The van der Waals surface area contributed by atoms with Crippen molar-refractivity contribution in [2.75, 3.05) is 23.9 Å². The molecule has 28 heavy (non-hydrogen) atoms. The molecule has 1 aliphatic heterocycles. The Kier molecular flexibility index (Phi) is 5.39. The second kappa shape index (κ2) is 7.91. The van der Waals surface area contributed by atoms with Crippen LogP contribution in [-0.2, 0) is 14.4 Å². The number of hydrogen-bond acceptors (Lipinski definition) is 7. The molecule has 0 radical (unpaired) electrons. The Bertz CT molecular complexity index is 923. The summed E-state index contributed by atoms with van der Waals surface area (Å²) in [4.78, 5) is 37.8. The van der Waals surface area contributed by atoms with Gasteiger partial charge in [-0.1, -0.05) is 23.4 Å². The van der Waals surface area contributed by atoms with Crippen LogP contribution in [0.5, 0.6) is 0 Å². The second-order valence-electron chi connectivity index (χ2n) is 6.38. The van der Waals surface area contributed by atoms with Gasteiger partial charge in [-0.3, -0.25) is 19.4 Å². The summed E-state index contributed by atoms with van der Waals surface area (Å²) in [7, 11) is 1.48. The van der Waals surface area contributed by atoms with Crippen LogP contribution in [0.15, 0.2) is 46.0 Å². The van der Waals surface area contributed by atoms with E-state index >= 15 is 0 Å². The molecule has 1 aromatic carbocycles. The number of carbonyl (C=O) groups is 3. The topological polar surface area (TPSA) is 134 Å². The van der Waals surface area contributed by atoms with Crippen LogP contribution in [0.1, 0.15) is 12.2 Å². The van der Waals surface area contributed by atoms with Gasteiger partial charge in [0.15, 0.2) is 5.82 Å². The van der Waals surface area contributed by atoms with Crippen molar-refractivity contribution >= 4 is 34.9 Å². The molecule has 0 bridgehead atoms. The Hall–Kier alpha value is -3.69.